The molecule has 0 radical (unpaired) electrons. The molecule has 0 aromatic heterocycles. The van der Waals surface area contributed by atoms with Crippen LogP contribution in [0.25, 0.3) is 0 Å². The number of rotatable bonds is 20. The Kier molecular flexibility index (Phi) is 24.6. The summed E-state index contributed by atoms with van der Waals surface area (Å²) in [6, 6.07) is 0. The molecule has 0 rings (SSSR count). The van der Waals surface area contributed by atoms with Gasteiger partial charge in [0.05, 0.1) is 16.2 Å². The van der Waals surface area contributed by atoms with E-state index in [2.05, 4.69) is 13.8 Å². The minimum absolute atomic E-state index is 0. The molecule has 0 fully saturated rings. The van der Waals surface area contributed by atoms with Gasteiger partial charge in [0.15, 0.2) is 0 Å². The predicted molar refractivity (Wildman–Crippen MR) is 114 cm³/mol. The molecule has 0 aliphatic heterocycles. The summed E-state index contributed by atoms with van der Waals surface area (Å²) in [5, 5.41) is 9.19. The van der Waals surface area contributed by atoms with Crippen molar-refractivity contribution in [2.75, 3.05) is 0 Å². The third-order valence-corrected chi connectivity index (χ3v) is 6.79. The summed E-state index contributed by atoms with van der Waals surface area (Å²) in [6.07, 6.45) is 17.8. The number of unbranched alkanes of at least 4 members (excludes halogenated alkanes) is 12. The van der Waals surface area contributed by atoms with Gasteiger partial charge in [-0.15, -0.1) is 0 Å². The largest absolute Gasteiger partial charge is 1.00 e. The second-order valence-electron chi connectivity index (χ2n) is 8.17. The Morgan fingerprint density at radius 2 is 1.04 bits per heavy atom. The van der Waals surface area contributed by atoms with Crippen molar-refractivity contribution in [1.29, 1.82) is 0 Å². The van der Waals surface area contributed by atoms with Crippen LogP contribution in [0.1, 0.15) is 129 Å². The first-order valence-corrected chi connectivity index (χ1v) is 13.0. The van der Waals surface area contributed by atoms with Crippen molar-refractivity contribution in [2.45, 2.75) is 141 Å². The summed E-state index contributed by atoms with van der Waals surface area (Å²) < 4.78 is 34.5. The molecule has 28 heavy (non-hydrogen) atoms. The van der Waals surface area contributed by atoms with E-state index in [9.17, 15) is 18.1 Å². The summed E-state index contributed by atoms with van der Waals surface area (Å²) in [7, 11) is -4.26. The molecule has 0 aromatic rings. The van der Waals surface area contributed by atoms with Gasteiger partial charge in [0, 0.05) is 5.25 Å². The Balaban J connectivity index is 0. The van der Waals surface area contributed by atoms with Gasteiger partial charge in [-0.1, -0.05) is 104 Å². The first kappa shape index (κ1) is 31.7. The zero-order valence-corrected chi connectivity index (χ0v) is 22.9. The van der Waals surface area contributed by atoms with E-state index in [1.165, 1.54) is 51.4 Å². The first-order valence-electron chi connectivity index (χ1n) is 11.5. The van der Waals surface area contributed by atoms with E-state index in [0.29, 0.717) is 25.7 Å². The minimum Gasteiger partial charge on any atom is -0.748 e. The van der Waals surface area contributed by atoms with Gasteiger partial charge in [-0.3, -0.25) is 0 Å². The zero-order valence-electron chi connectivity index (χ0n) is 19.0. The van der Waals surface area contributed by atoms with Crippen LogP contribution in [0.5, 0.6) is 0 Å². The minimum atomic E-state index is -4.26. The molecule has 164 valence electrons. The van der Waals surface area contributed by atoms with Gasteiger partial charge in [0.2, 0.25) is 0 Å². The monoisotopic (exact) mass is 444 g/mol. The standard InChI is InChI=1S/C22H46O4S.K/c1-3-5-7-9-10-11-12-13-14-16-18-22(27(24,25)26)20-19-21(23)17-15-8-6-4-2;/h21-23H,3-20H2,1-2H3,(H,24,25,26);/q;+1/p-1. The molecule has 0 spiro atoms. The van der Waals surface area contributed by atoms with E-state index in [1.54, 1.807) is 0 Å². The smallest absolute Gasteiger partial charge is 0.748 e. The van der Waals surface area contributed by atoms with Gasteiger partial charge in [-0.05, 0) is 25.7 Å². The van der Waals surface area contributed by atoms with E-state index < -0.39 is 21.5 Å². The van der Waals surface area contributed by atoms with E-state index >= 15 is 0 Å². The molecule has 0 saturated heterocycles. The van der Waals surface area contributed by atoms with Crippen molar-refractivity contribution < 1.29 is 69.5 Å². The second-order valence-corrected chi connectivity index (χ2v) is 9.82. The second kappa shape index (κ2) is 21.7. The van der Waals surface area contributed by atoms with Gasteiger partial charge >= 0.3 is 51.4 Å². The molecule has 0 aromatic carbocycles. The van der Waals surface area contributed by atoms with Crippen molar-refractivity contribution in [3.05, 3.63) is 0 Å². The van der Waals surface area contributed by atoms with Gasteiger partial charge in [0.25, 0.3) is 0 Å². The molecule has 0 bridgehead atoms. The van der Waals surface area contributed by atoms with Crippen molar-refractivity contribution in [2.24, 2.45) is 0 Å². The van der Waals surface area contributed by atoms with Crippen LogP contribution in [-0.4, -0.2) is 29.4 Å². The summed E-state index contributed by atoms with van der Waals surface area (Å²) in [5.41, 5.74) is 0. The normalized spacial score (nSPS) is 13.9. The summed E-state index contributed by atoms with van der Waals surface area (Å²) in [5.74, 6) is 0. The van der Waals surface area contributed by atoms with Crippen LogP contribution in [0.4, 0.5) is 0 Å². The maximum Gasteiger partial charge on any atom is 1.00 e. The SMILES string of the molecule is CCCCCCCCCCCCC(CCC(O)CCCCCC)S(=O)(=O)[O-].[K+]. The maximum atomic E-state index is 11.5. The summed E-state index contributed by atoms with van der Waals surface area (Å²) in [6.45, 7) is 4.37. The van der Waals surface area contributed by atoms with Gasteiger partial charge in [-0.2, -0.15) is 0 Å². The van der Waals surface area contributed by atoms with Gasteiger partial charge < -0.3 is 9.66 Å². The molecule has 2 unspecified atom stereocenters. The summed E-state index contributed by atoms with van der Waals surface area (Å²) >= 11 is 0. The summed E-state index contributed by atoms with van der Waals surface area (Å²) in [4.78, 5) is 0. The molecule has 0 aliphatic carbocycles. The molecule has 0 heterocycles. The fourth-order valence-electron chi connectivity index (χ4n) is 3.62. The molecule has 6 heteroatoms. The molecule has 2 atom stereocenters. The Morgan fingerprint density at radius 3 is 1.50 bits per heavy atom. The predicted octanol–water partition coefficient (Wildman–Crippen LogP) is 3.33. The third-order valence-electron chi connectivity index (χ3n) is 5.50. The number of aliphatic hydroxyl groups excluding tert-OH is 1. The van der Waals surface area contributed by atoms with Crippen LogP contribution in [0.15, 0.2) is 0 Å². The molecular weight excluding hydrogens is 399 g/mol. The topological polar surface area (TPSA) is 77.4 Å². The van der Waals surface area contributed by atoms with Crippen LogP contribution in [0, 0.1) is 0 Å². The van der Waals surface area contributed by atoms with E-state index in [-0.39, 0.29) is 51.4 Å². The molecule has 4 nitrogen and oxygen atoms in total. The average molecular weight is 445 g/mol. The van der Waals surface area contributed by atoms with E-state index in [0.717, 1.165) is 38.5 Å². The Labute approximate surface area is 218 Å². The maximum absolute atomic E-state index is 11.5. The van der Waals surface area contributed by atoms with Crippen molar-refractivity contribution >= 4 is 10.1 Å². The van der Waals surface area contributed by atoms with Crippen LogP contribution in [0.2, 0.25) is 0 Å². The molecule has 0 amide bonds. The zero-order chi connectivity index (χ0) is 20.4. The average Bonchev–Trinajstić information content (AvgIpc) is 2.61. The molecule has 1 N–H and O–H groups in total. The van der Waals surface area contributed by atoms with E-state index in [1.807, 2.05) is 0 Å². The van der Waals surface area contributed by atoms with Crippen LogP contribution >= 0.6 is 0 Å². The van der Waals surface area contributed by atoms with Crippen LogP contribution in [0.3, 0.4) is 0 Å². The Hall–Kier alpha value is 1.51. The third kappa shape index (κ3) is 20.8. The van der Waals surface area contributed by atoms with Crippen molar-refractivity contribution in [1.82, 2.24) is 0 Å². The van der Waals surface area contributed by atoms with E-state index in [4.69, 9.17) is 0 Å². The van der Waals surface area contributed by atoms with Crippen LogP contribution in [-0.2, 0) is 10.1 Å². The molecule has 0 saturated carbocycles. The quantitative estimate of drug-likeness (QED) is 0.177. The number of aliphatic hydroxyl groups is 1. The van der Waals surface area contributed by atoms with Gasteiger partial charge in [-0.25, -0.2) is 8.42 Å². The number of hydrogen-bond donors (Lipinski definition) is 1. The molecular formula is C22H45KO4S. The first-order chi connectivity index (χ1) is 12.9. The molecule has 0 aliphatic rings. The van der Waals surface area contributed by atoms with Crippen molar-refractivity contribution in [3.63, 3.8) is 0 Å². The number of hydrogen-bond acceptors (Lipinski definition) is 4. The fraction of sp³-hybridized carbons (Fsp3) is 1.00. The van der Waals surface area contributed by atoms with Gasteiger partial charge in [0.1, 0.15) is 0 Å². The van der Waals surface area contributed by atoms with Crippen molar-refractivity contribution in [3.8, 4) is 0 Å². The fourth-order valence-corrected chi connectivity index (χ4v) is 4.50. The van der Waals surface area contributed by atoms with Crippen LogP contribution < -0.4 is 51.4 Å². The Bertz CT molecular complexity index is 415. The Morgan fingerprint density at radius 1 is 0.643 bits per heavy atom.